The summed E-state index contributed by atoms with van der Waals surface area (Å²) in [4.78, 5) is 12.3. The standard InChI is InChI=1S/C16H11ClN6O2/c17-9-5-6-13-11(7-9)18-12(16-20-21-22-23(13)16)8-15(25)19-10-3-1-2-4-14(10)24/h1-8,18,24H,(H,19,25)/b12-8+. The molecule has 1 aromatic heterocycles. The van der Waals surface area contributed by atoms with Crippen LogP contribution in [0.2, 0.25) is 5.02 Å². The summed E-state index contributed by atoms with van der Waals surface area (Å²) in [5.74, 6) is -0.0703. The SMILES string of the molecule is O=C(/C=C1/Nc2cc(Cl)ccc2-n2nnnc21)Nc1ccccc1O. The molecule has 2 aromatic carbocycles. The Morgan fingerprint density at radius 1 is 1.28 bits per heavy atom. The first-order valence-corrected chi connectivity index (χ1v) is 7.66. The molecule has 4 rings (SSSR count). The molecule has 124 valence electrons. The van der Waals surface area contributed by atoms with Gasteiger partial charge >= 0.3 is 0 Å². The number of phenolic OH excluding ortho intramolecular Hbond substituents is 1. The Labute approximate surface area is 146 Å². The number of aromatic nitrogens is 4. The normalized spacial score (nSPS) is 13.7. The number of carbonyl (C=O) groups is 1. The molecule has 1 aliphatic rings. The molecular formula is C16H11ClN6O2. The van der Waals surface area contributed by atoms with Crippen LogP contribution in [0.15, 0.2) is 48.5 Å². The smallest absolute Gasteiger partial charge is 0.250 e. The summed E-state index contributed by atoms with van der Waals surface area (Å²) in [7, 11) is 0. The average Bonchev–Trinajstić information content (AvgIpc) is 3.07. The Balaban J connectivity index is 1.68. The molecule has 0 radical (unpaired) electrons. The van der Waals surface area contributed by atoms with Crippen molar-refractivity contribution in [3.05, 3.63) is 59.4 Å². The number of carbonyl (C=O) groups excluding carboxylic acids is 1. The number of para-hydroxylation sites is 2. The topological polar surface area (TPSA) is 105 Å². The molecule has 8 nitrogen and oxygen atoms in total. The maximum atomic E-state index is 12.3. The Morgan fingerprint density at radius 2 is 2.12 bits per heavy atom. The van der Waals surface area contributed by atoms with Gasteiger partial charge < -0.3 is 15.7 Å². The Morgan fingerprint density at radius 3 is 2.96 bits per heavy atom. The van der Waals surface area contributed by atoms with Crippen LogP contribution in [-0.4, -0.2) is 31.2 Å². The van der Waals surface area contributed by atoms with Crippen molar-refractivity contribution in [2.75, 3.05) is 10.6 Å². The molecule has 1 aliphatic heterocycles. The molecule has 0 saturated carbocycles. The van der Waals surface area contributed by atoms with Crippen LogP contribution in [0.4, 0.5) is 11.4 Å². The number of nitrogens with one attached hydrogen (secondary N) is 2. The van der Waals surface area contributed by atoms with E-state index in [1.54, 1.807) is 36.4 Å². The minimum atomic E-state index is -0.441. The van der Waals surface area contributed by atoms with E-state index >= 15 is 0 Å². The van der Waals surface area contributed by atoms with E-state index in [2.05, 4.69) is 26.2 Å². The number of hydrogen-bond acceptors (Lipinski definition) is 6. The number of phenols is 1. The molecule has 0 atom stereocenters. The van der Waals surface area contributed by atoms with Crippen molar-refractivity contribution in [2.24, 2.45) is 0 Å². The van der Waals surface area contributed by atoms with Crippen LogP contribution in [-0.2, 0) is 4.79 Å². The molecule has 0 unspecified atom stereocenters. The maximum absolute atomic E-state index is 12.3. The van der Waals surface area contributed by atoms with Crippen molar-refractivity contribution >= 4 is 34.6 Å². The number of fused-ring (bicyclic) bond motifs is 3. The van der Waals surface area contributed by atoms with E-state index in [9.17, 15) is 9.90 Å². The van der Waals surface area contributed by atoms with Gasteiger partial charge in [-0.05, 0) is 40.8 Å². The quantitative estimate of drug-likeness (QED) is 0.482. The van der Waals surface area contributed by atoms with E-state index in [1.165, 1.54) is 16.8 Å². The number of halogens is 1. The van der Waals surface area contributed by atoms with Crippen LogP contribution < -0.4 is 10.6 Å². The summed E-state index contributed by atoms with van der Waals surface area (Å²) in [5.41, 5.74) is 2.12. The molecule has 3 aromatic rings. The maximum Gasteiger partial charge on any atom is 0.250 e. The van der Waals surface area contributed by atoms with Crippen molar-refractivity contribution < 1.29 is 9.90 Å². The summed E-state index contributed by atoms with van der Waals surface area (Å²) in [6.45, 7) is 0. The average molecular weight is 355 g/mol. The molecule has 0 saturated heterocycles. The number of aromatic hydroxyl groups is 1. The predicted molar refractivity (Wildman–Crippen MR) is 92.5 cm³/mol. The zero-order valence-electron chi connectivity index (χ0n) is 12.6. The third kappa shape index (κ3) is 2.79. The highest BCUT2D eigenvalue weighted by molar-refractivity contribution is 6.31. The highest BCUT2D eigenvalue weighted by Gasteiger charge is 2.23. The van der Waals surface area contributed by atoms with Crippen LogP contribution in [0.3, 0.4) is 0 Å². The van der Waals surface area contributed by atoms with Gasteiger partial charge in [-0.25, -0.2) is 0 Å². The number of nitrogens with zero attached hydrogens (tertiary/aromatic N) is 4. The van der Waals surface area contributed by atoms with Gasteiger partial charge in [0.15, 0.2) is 0 Å². The van der Waals surface area contributed by atoms with Gasteiger partial charge in [0.1, 0.15) is 5.75 Å². The molecule has 0 spiro atoms. The minimum Gasteiger partial charge on any atom is -0.506 e. The number of hydrogen-bond donors (Lipinski definition) is 3. The van der Waals surface area contributed by atoms with Gasteiger partial charge in [0, 0.05) is 11.1 Å². The van der Waals surface area contributed by atoms with Crippen LogP contribution in [0, 0.1) is 0 Å². The van der Waals surface area contributed by atoms with Crippen LogP contribution >= 0.6 is 11.6 Å². The Kier molecular flexibility index (Phi) is 3.58. The Bertz CT molecular complexity index is 1010. The van der Waals surface area contributed by atoms with Crippen LogP contribution in [0.5, 0.6) is 5.75 Å². The summed E-state index contributed by atoms with van der Waals surface area (Å²) < 4.78 is 1.52. The second kappa shape index (κ2) is 5.91. The fraction of sp³-hybridized carbons (Fsp3) is 0. The highest BCUT2D eigenvalue weighted by Crippen LogP contribution is 2.32. The van der Waals surface area contributed by atoms with E-state index in [0.29, 0.717) is 27.9 Å². The van der Waals surface area contributed by atoms with Crippen molar-refractivity contribution in [2.45, 2.75) is 0 Å². The molecule has 9 heteroatoms. The summed E-state index contributed by atoms with van der Waals surface area (Å²) >= 11 is 6.03. The first kappa shape index (κ1) is 15.2. The van der Waals surface area contributed by atoms with Gasteiger partial charge in [0.05, 0.1) is 22.8 Å². The first-order chi connectivity index (χ1) is 12.1. The van der Waals surface area contributed by atoms with E-state index < -0.39 is 5.91 Å². The lowest BCUT2D eigenvalue weighted by molar-refractivity contribution is -0.111. The summed E-state index contributed by atoms with van der Waals surface area (Å²) in [6, 6.07) is 11.7. The molecule has 25 heavy (non-hydrogen) atoms. The van der Waals surface area contributed by atoms with E-state index in [-0.39, 0.29) is 5.75 Å². The van der Waals surface area contributed by atoms with E-state index in [4.69, 9.17) is 11.6 Å². The molecule has 3 N–H and O–H groups in total. The van der Waals surface area contributed by atoms with Crippen LogP contribution in [0.1, 0.15) is 5.82 Å². The van der Waals surface area contributed by atoms with Gasteiger partial charge in [-0.3, -0.25) is 4.79 Å². The third-order valence-electron chi connectivity index (χ3n) is 3.60. The molecule has 2 heterocycles. The van der Waals surface area contributed by atoms with E-state index in [1.807, 2.05) is 0 Å². The van der Waals surface area contributed by atoms with Gasteiger partial charge in [0.2, 0.25) is 5.82 Å². The van der Waals surface area contributed by atoms with Gasteiger partial charge in [-0.2, -0.15) is 4.68 Å². The largest absolute Gasteiger partial charge is 0.506 e. The van der Waals surface area contributed by atoms with E-state index in [0.717, 1.165) is 5.69 Å². The minimum absolute atomic E-state index is 0.0205. The van der Waals surface area contributed by atoms with Crippen molar-refractivity contribution in [3.63, 3.8) is 0 Å². The fourth-order valence-corrected chi connectivity index (χ4v) is 2.66. The van der Waals surface area contributed by atoms with Gasteiger partial charge in [-0.1, -0.05) is 23.7 Å². The van der Waals surface area contributed by atoms with Gasteiger partial charge in [-0.15, -0.1) is 5.10 Å². The highest BCUT2D eigenvalue weighted by atomic mass is 35.5. The summed E-state index contributed by atoms with van der Waals surface area (Å²) in [6.07, 6.45) is 1.32. The second-order valence-corrected chi connectivity index (χ2v) is 5.70. The first-order valence-electron chi connectivity index (χ1n) is 7.28. The lowest BCUT2D eigenvalue weighted by Crippen LogP contribution is -2.18. The number of amides is 1. The van der Waals surface area contributed by atoms with Gasteiger partial charge in [0.25, 0.3) is 5.91 Å². The van der Waals surface area contributed by atoms with Crippen LogP contribution in [0.25, 0.3) is 11.4 Å². The fourth-order valence-electron chi connectivity index (χ4n) is 2.49. The molecule has 0 fully saturated rings. The number of tetrazole rings is 1. The monoisotopic (exact) mass is 354 g/mol. The zero-order chi connectivity index (χ0) is 17.4. The van der Waals surface area contributed by atoms with Crippen molar-refractivity contribution in [1.82, 2.24) is 20.2 Å². The van der Waals surface area contributed by atoms with Crippen molar-refractivity contribution in [3.8, 4) is 11.4 Å². The second-order valence-electron chi connectivity index (χ2n) is 5.27. The number of benzene rings is 2. The number of anilines is 2. The lowest BCUT2D eigenvalue weighted by Gasteiger charge is -2.20. The lowest BCUT2D eigenvalue weighted by atomic mass is 10.2. The third-order valence-corrected chi connectivity index (χ3v) is 3.84. The number of rotatable bonds is 2. The molecule has 0 bridgehead atoms. The van der Waals surface area contributed by atoms with Crippen molar-refractivity contribution in [1.29, 1.82) is 0 Å². The molecule has 0 aliphatic carbocycles. The summed E-state index contributed by atoms with van der Waals surface area (Å²) in [5, 5.41) is 27.5. The Hall–Kier alpha value is -3.39. The molecule has 1 amide bonds. The molecular weight excluding hydrogens is 344 g/mol. The zero-order valence-corrected chi connectivity index (χ0v) is 13.4. The predicted octanol–water partition coefficient (Wildman–Crippen LogP) is 2.43.